The Morgan fingerprint density at radius 1 is 1.02 bits per heavy atom. The molecule has 10 heteroatoms. The molecule has 0 bridgehead atoms. The van der Waals surface area contributed by atoms with E-state index in [2.05, 4.69) is 41.5 Å². The van der Waals surface area contributed by atoms with Gasteiger partial charge < -0.3 is 9.33 Å². The van der Waals surface area contributed by atoms with Gasteiger partial charge in [0.15, 0.2) is 8.32 Å². The molecule has 2 saturated carbocycles. The van der Waals surface area contributed by atoms with Gasteiger partial charge in [0.05, 0.1) is 40.5 Å². The summed E-state index contributed by atoms with van der Waals surface area (Å²) in [4.78, 5) is 29.0. The summed E-state index contributed by atoms with van der Waals surface area (Å²) in [5, 5.41) is 5.19. The number of hydrogen-bond acceptors (Lipinski definition) is 4. The highest BCUT2D eigenvalue weighted by Gasteiger charge is 2.40. The van der Waals surface area contributed by atoms with E-state index < -0.39 is 20.2 Å². The monoisotopic (exact) mass is 693 g/mol. The summed E-state index contributed by atoms with van der Waals surface area (Å²) in [6.07, 6.45) is 8.24. The summed E-state index contributed by atoms with van der Waals surface area (Å²) in [5.41, 5.74) is 1.92. The van der Waals surface area contributed by atoms with E-state index in [1.54, 1.807) is 13.1 Å². The Morgan fingerprint density at radius 3 is 2.07 bits per heavy atom. The van der Waals surface area contributed by atoms with Crippen molar-refractivity contribution >= 4 is 43.2 Å². The highest BCUT2D eigenvalue weighted by molar-refractivity contribution is 6.73. The van der Waals surface area contributed by atoms with Gasteiger partial charge in [-0.3, -0.25) is 14.3 Å². The molecule has 2 fully saturated rings. The molecule has 0 aliphatic heterocycles. The Kier molecular flexibility index (Phi) is 11.9. The molecule has 1 aromatic heterocycles. The fourth-order valence-electron chi connectivity index (χ4n) is 7.61. The topological polar surface area (TPSA) is 64.4 Å². The second kappa shape index (κ2) is 14.8. The summed E-state index contributed by atoms with van der Waals surface area (Å²) in [5.74, 6) is -0.332. The van der Waals surface area contributed by atoms with Crippen LogP contribution in [0.3, 0.4) is 0 Å². The second-order valence-electron chi connectivity index (χ2n) is 14.9. The van der Waals surface area contributed by atoms with Crippen molar-refractivity contribution in [3.05, 3.63) is 51.0 Å². The highest BCUT2D eigenvalue weighted by atomic mass is 35.5. The van der Waals surface area contributed by atoms with Gasteiger partial charge >= 0.3 is 0 Å². The molecule has 2 aliphatic rings. The number of rotatable bonds is 12. The second-order valence-corrected chi connectivity index (χ2v) is 20.5. The zero-order valence-electron chi connectivity index (χ0n) is 29.1. The number of amides is 1. The molecule has 1 heterocycles. The minimum Gasteiger partial charge on any atom is -0.408 e. The molecule has 2 aromatic rings. The third-order valence-corrected chi connectivity index (χ3v) is 16.9. The van der Waals surface area contributed by atoms with Crippen LogP contribution < -0.4 is 0 Å². The molecule has 1 aromatic carbocycles. The maximum atomic E-state index is 14.7. The standard InChI is InChI=1S/C36H54Cl2FN3O3Si/c1-9-46(10-2,11-3)45-32(33-30(37)20-26(39)21-31(33)38)23-41(27-12-16-35(6,7)17-13-27)34(44)29-22-40-42(24(29)4)28-14-18-36(8,19-15-28)25(5)43/h20-22,27-28,32H,9-19,23H2,1-8H3/t28-,32?,36-. The molecular formula is C36H54Cl2FN3O3Si. The molecule has 0 spiro atoms. The number of carbonyl (C=O) groups excluding carboxylic acids is 2. The molecule has 256 valence electrons. The van der Waals surface area contributed by atoms with E-state index in [0.29, 0.717) is 11.1 Å². The van der Waals surface area contributed by atoms with Crippen molar-refractivity contribution in [2.75, 3.05) is 6.54 Å². The lowest BCUT2D eigenvalue weighted by molar-refractivity contribution is -0.127. The fraction of sp³-hybridized carbons (Fsp3) is 0.694. The molecule has 0 radical (unpaired) electrons. The summed E-state index contributed by atoms with van der Waals surface area (Å²) >= 11 is 13.4. The van der Waals surface area contributed by atoms with Crippen LogP contribution in [-0.2, 0) is 9.22 Å². The average Bonchev–Trinajstić information content (AvgIpc) is 3.39. The van der Waals surface area contributed by atoms with Gasteiger partial charge in [-0.1, -0.05) is 64.7 Å². The first-order valence-electron chi connectivity index (χ1n) is 17.3. The SMILES string of the molecule is CC[Si](CC)(CC)OC(CN(C(=O)c1cnn([C@H]2CC[C@](C)(C(C)=O)CC2)c1C)C1CCC(C)(C)CC1)c1c(Cl)cc(F)cc1Cl. The number of benzene rings is 1. The molecule has 6 nitrogen and oxygen atoms in total. The van der Waals surface area contributed by atoms with Crippen molar-refractivity contribution < 1.29 is 18.4 Å². The lowest BCUT2D eigenvalue weighted by Crippen LogP contribution is -2.48. The zero-order chi connectivity index (χ0) is 34.0. The van der Waals surface area contributed by atoms with E-state index >= 15 is 0 Å². The van der Waals surface area contributed by atoms with Gasteiger partial charge in [-0.2, -0.15) is 5.10 Å². The first-order chi connectivity index (χ1) is 21.6. The van der Waals surface area contributed by atoms with Crippen LogP contribution in [0.4, 0.5) is 4.39 Å². The van der Waals surface area contributed by atoms with Crippen LogP contribution in [0.2, 0.25) is 28.2 Å². The number of Topliss-reactive ketones (excluding diaryl/α,β-unsaturated/α-hetero) is 1. The van der Waals surface area contributed by atoms with Crippen molar-refractivity contribution in [2.24, 2.45) is 10.8 Å². The maximum Gasteiger partial charge on any atom is 0.257 e. The zero-order valence-corrected chi connectivity index (χ0v) is 31.7. The van der Waals surface area contributed by atoms with Crippen molar-refractivity contribution in [1.29, 1.82) is 0 Å². The summed E-state index contributed by atoms with van der Waals surface area (Å²) < 4.78 is 23.5. The normalized spacial score (nSPS) is 22.9. The van der Waals surface area contributed by atoms with E-state index in [1.807, 2.05) is 16.5 Å². The number of aromatic nitrogens is 2. The number of carbonyl (C=O) groups is 2. The van der Waals surface area contributed by atoms with Gasteiger partial charge in [0.25, 0.3) is 5.91 Å². The highest BCUT2D eigenvalue weighted by Crippen LogP contribution is 2.43. The lowest BCUT2D eigenvalue weighted by atomic mass is 9.71. The number of ketones is 1. The predicted octanol–water partition coefficient (Wildman–Crippen LogP) is 10.5. The molecule has 2 aliphatic carbocycles. The Labute approximate surface area is 286 Å². The van der Waals surface area contributed by atoms with Crippen LogP contribution >= 0.6 is 23.2 Å². The van der Waals surface area contributed by atoms with Gasteiger partial charge in [-0.15, -0.1) is 0 Å². The third-order valence-electron chi connectivity index (χ3n) is 11.6. The van der Waals surface area contributed by atoms with Crippen LogP contribution in [-0.4, -0.2) is 47.3 Å². The number of halogens is 3. The molecular weight excluding hydrogens is 640 g/mol. The van der Waals surface area contributed by atoms with Crippen LogP contribution in [0.25, 0.3) is 0 Å². The molecule has 0 saturated heterocycles. The average molecular weight is 695 g/mol. The largest absolute Gasteiger partial charge is 0.408 e. The predicted molar refractivity (Wildman–Crippen MR) is 188 cm³/mol. The van der Waals surface area contributed by atoms with Crippen LogP contribution in [0.1, 0.15) is 134 Å². The van der Waals surface area contributed by atoms with Gasteiger partial charge in [0.1, 0.15) is 11.6 Å². The smallest absolute Gasteiger partial charge is 0.257 e. The molecule has 46 heavy (non-hydrogen) atoms. The first-order valence-corrected chi connectivity index (χ1v) is 20.6. The third kappa shape index (κ3) is 7.93. The van der Waals surface area contributed by atoms with E-state index in [1.165, 1.54) is 12.1 Å². The molecule has 1 atom stereocenters. The minimum atomic E-state index is -2.21. The molecule has 4 rings (SSSR count). The van der Waals surface area contributed by atoms with Crippen molar-refractivity contribution in [2.45, 2.75) is 143 Å². The van der Waals surface area contributed by atoms with Gasteiger partial charge in [-0.05, 0) is 101 Å². The quantitative estimate of drug-likeness (QED) is 0.208. The van der Waals surface area contributed by atoms with Crippen LogP contribution in [0.15, 0.2) is 18.3 Å². The van der Waals surface area contributed by atoms with Gasteiger partial charge in [-0.25, -0.2) is 4.39 Å². The van der Waals surface area contributed by atoms with E-state index in [9.17, 15) is 14.0 Å². The Bertz CT molecular complexity index is 1360. The van der Waals surface area contributed by atoms with Gasteiger partial charge in [0.2, 0.25) is 0 Å². The summed E-state index contributed by atoms with van der Waals surface area (Å²) in [7, 11) is -2.21. The summed E-state index contributed by atoms with van der Waals surface area (Å²) in [6, 6.07) is 5.47. The van der Waals surface area contributed by atoms with Crippen molar-refractivity contribution in [3.63, 3.8) is 0 Å². The Balaban J connectivity index is 1.72. The number of nitrogens with zero attached hydrogens (tertiary/aromatic N) is 3. The molecule has 1 unspecified atom stereocenters. The Morgan fingerprint density at radius 2 is 1.57 bits per heavy atom. The van der Waals surface area contributed by atoms with Crippen molar-refractivity contribution in [1.82, 2.24) is 14.7 Å². The molecule has 0 N–H and O–H groups in total. The van der Waals surface area contributed by atoms with E-state index in [-0.39, 0.29) is 51.2 Å². The maximum absolute atomic E-state index is 14.7. The minimum absolute atomic E-state index is 0.0132. The molecule has 1 amide bonds. The van der Waals surface area contributed by atoms with Crippen molar-refractivity contribution in [3.8, 4) is 0 Å². The van der Waals surface area contributed by atoms with E-state index in [4.69, 9.17) is 32.7 Å². The van der Waals surface area contributed by atoms with Crippen LogP contribution in [0, 0.1) is 23.6 Å². The lowest BCUT2D eigenvalue weighted by Gasteiger charge is -2.43. The van der Waals surface area contributed by atoms with E-state index in [0.717, 1.165) is 75.2 Å². The Hall–Kier alpha value is -1.74. The van der Waals surface area contributed by atoms with Gasteiger partial charge in [0, 0.05) is 22.7 Å². The first kappa shape index (κ1) is 37.1. The number of hydrogen-bond donors (Lipinski definition) is 0. The fourth-order valence-corrected chi connectivity index (χ4v) is 11.1. The van der Waals surface area contributed by atoms with Crippen LogP contribution in [0.5, 0.6) is 0 Å². The summed E-state index contributed by atoms with van der Waals surface area (Å²) in [6.45, 7) is 17.1.